The number of methoxy groups -OCH3 is 2. The molecule has 14 heavy (non-hydrogen) atoms. The monoisotopic (exact) mass is 192 g/mol. The molecule has 4 nitrogen and oxygen atoms in total. The van der Waals surface area contributed by atoms with Crippen molar-refractivity contribution in [2.24, 2.45) is 0 Å². The van der Waals surface area contributed by atoms with E-state index in [0.29, 0.717) is 22.9 Å². The van der Waals surface area contributed by atoms with Gasteiger partial charge in [0.1, 0.15) is 0 Å². The Kier molecular flexibility index (Phi) is 3.23. The first-order chi connectivity index (χ1) is 6.72. The third-order valence-corrected chi connectivity index (χ3v) is 1.75. The standard InChI is InChI=1S/C10H12N2O2/c1-4-8(11)7-5-9(13-2)10(14-3)12-6-7/h4-6,11H,1H2,2-3H3. The highest BCUT2D eigenvalue weighted by molar-refractivity contribution is 6.06. The van der Waals surface area contributed by atoms with Gasteiger partial charge in [0.05, 0.1) is 19.9 Å². The molecule has 0 radical (unpaired) electrons. The molecule has 0 spiro atoms. The summed E-state index contributed by atoms with van der Waals surface area (Å²) in [5.74, 6) is 0.921. The van der Waals surface area contributed by atoms with Gasteiger partial charge in [-0.1, -0.05) is 6.58 Å². The molecule has 0 aliphatic rings. The van der Waals surface area contributed by atoms with E-state index in [1.54, 1.807) is 12.3 Å². The van der Waals surface area contributed by atoms with Crippen LogP contribution in [0.4, 0.5) is 0 Å². The number of aromatic nitrogens is 1. The lowest BCUT2D eigenvalue weighted by Gasteiger charge is -2.07. The van der Waals surface area contributed by atoms with E-state index in [0.717, 1.165) is 0 Å². The van der Waals surface area contributed by atoms with Crippen molar-refractivity contribution in [1.29, 1.82) is 5.41 Å². The van der Waals surface area contributed by atoms with Gasteiger partial charge in [-0.05, 0) is 12.1 Å². The Balaban J connectivity index is 3.13. The maximum Gasteiger partial charge on any atom is 0.256 e. The molecule has 1 aromatic rings. The highest BCUT2D eigenvalue weighted by Crippen LogP contribution is 2.24. The lowest BCUT2D eigenvalue weighted by atomic mass is 10.2. The van der Waals surface area contributed by atoms with E-state index in [1.165, 1.54) is 20.3 Å². The zero-order valence-electron chi connectivity index (χ0n) is 8.20. The molecule has 0 unspecified atom stereocenters. The largest absolute Gasteiger partial charge is 0.491 e. The van der Waals surface area contributed by atoms with Gasteiger partial charge in [-0.2, -0.15) is 0 Å². The molecule has 0 saturated heterocycles. The molecular weight excluding hydrogens is 180 g/mol. The third-order valence-electron chi connectivity index (χ3n) is 1.75. The van der Waals surface area contributed by atoms with Crippen LogP contribution in [0, 0.1) is 5.41 Å². The summed E-state index contributed by atoms with van der Waals surface area (Å²) in [4.78, 5) is 4.00. The molecule has 0 aliphatic heterocycles. The topological polar surface area (TPSA) is 55.2 Å². The van der Waals surface area contributed by atoms with Gasteiger partial charge in [-0.3, -0.25) is 0 Å². The Bertz CT molecular complexity index is 361. The van der Waals surface area contributed by atoms with Gasteiger partial charge < -0.3 is 14.9 Å². The fourth-order valence-corrected chi connectivity index (χ4v) is 0.997. The van der Waals surface area contributed by atoms with Crippen LogP contribution in [0.2, 0.25) is 0 Å². The van der Waals surface area contributed by atoms with Crippen molar-refractivity contribution in [3.8, 4) is 11.6 Å². The van der Waals surface area contributed by atoms with Crippen LogP contribution in [-0.2, 0) is 0 Å². The maximum absolute atomic E-state index is 7.52. The molecule has 1 rings (SSSR count). The molecule has 4 heteroatoms. The minimum Gasteiger partial charge on any atom is -0.491 e. The molecule has 0 aromatic carbocycles. The van der Waals surface area contributed by atoms with E-state index in [1.807, 2.05) is 0 Å². The Labute approximate surface area is 82.7 Å². The predicted octanol–water partition coefficient (Wildman–Crippen LogP) is 1.65. The fourth-order valence-electron chi connectivity index (χ4n) is 0.997. The number of nitrogens with one attached hydrogen (secondary N) is 1. The number of hydrogen-bond donors (Lipinski definition) is 1. The number of nitrogens with zero attached hydrogens (tertiary/aromatic N) is 1. The van der Waals surface area contributed by atoms with Crippen molar-refractivity contribution in [2.75, 3.05) is 14.2 Å². The first-order valence-electron chi connectivity index (χ1n) is 4.02. The van der Waals surface area contributed by atoms with E-state index in [2.05, 4.69) is 11.6 Å². The lowest BCUT2D eigenvalue weighted by molar-refractivity contribution is 0.343. The van der Waals surface area contributed by atoms with Crippen molar-refractivity contribution in [2.45, 2.75) is 0 Å². The summed E-state index contributed by atoms with van der Waals surface area (Å²) in [6.45, 7) is 3.51. The SMILES string of the molecule is C=CC(=N)c1cnc(OC)c(OC)c1. The second-order valence-electron chi connectivity index (χ2n) is 2.55. The minimum absolute atomic E-state index is 0.304. The van der Waals surface area contributed by atoms with Gasteiger partial charge in [0, 0.05) is 11.8 Å². The minimum atomic E-state index is 0.304. The van der Waals surface area contributed by atoms with Crippen molar-refractivity contribution >= 4 is 5.71 Å². The highest BCUT2D eigenvalue weighted by atomic mass is 16.5. The molecule has 0 bridgehead atoms. The van der Waals surface area contributed by atoms with Gasteiger partial charge in [0.25, 0.3) is 5.88 Å². The van der Waals surface area contributed by atoms with Gasteiger partial charge in [-0.15, -0.1) is 0 Å². The predicted molar refractivity (Wildman–Crippen MR) is 54.4 cm³/mol. The Morgan fingerprint density at radius 1 is 1.50 bits per heavy atom. The highest BCUT2D eigenvalue weighted by Gasteiger charge is 2.07. The average molecular weight is 192 g/mol. The molecular formula is C10H12N2O2. The van der Waals surface area contributed by atoms with Crippen molar-refractivity contribution < 1.29 is 9.47 Å². The first kappa shape index (κ1) is 10.2. The molecule has 0 atom stereocenters. The summed E-state index contributed by atoms with van der Waals surface area (Å²) in [6, 6.07) is 1.69. The average Bonchev–Trinajstić information content (AvgIpc) is 2.26. The molecule has 0 fully saturated rings. The number of pyridine rings is 1. The van der Waals surface area contributed by atoms with E-state index in [9.17, 15) is 0 Å². The molecule has 0 saturated carbocycles. The number of allylic oxidation sites excluding steroid dienone is 1. The molecule has 0 amide bonds. The normalized spacial score (nSPS) is 9.29. The Hall–Kier alpha value is -1.84. The van der Waals surface area contributed by atoms with Crippen LogP contribution in [0.25, 0.3) is 0 Å². The van der Waals surface area contributed by atoms with Crippen molar-refractivity contribution in [3.63, 3.8) is 0 Å². The van der Waals surface area contributed by atoms with E-state index in [4.69, 9.17) is 14.9 Å². The quantitative estimate of drug-likeness (QED) is 0.738. The second-order valence-corrected chi connectivity index (χ2v) is 2.55. The summed E-state index contributed by atoms with van der Waals surface area (Å²) in [7, 11) is 3.05. The molecule has 1 heterocycles. The molecule has 0 aliphatic carbocycles. The van der Waals surface area contributed by atoms with Gasteiger partial charge >= 0.3 is 0 Å². The summed E-state index contributed by atoms with van der Waals surface area (Å²) >= 11 is 0. The number of hydrogen-bond acceptors (Lipinski definition) is 4. The van der Waals surface area contributed by atoms with Crippen LogP contribution in [0.3, 0.4) is 0 Å². The van der Waals surface area contributed by atoms with E-state index >= 15 is 0 Å². The van der Waals surface area contributed by atoms with E-state index < -0.39 is 0 Å². The Morgan fingerprint density at radius 2 is 2.21 bits per heavy atom. The zero-order valence-corrected chi connectivity index (χ0v) is 8.20. The first-order valence-corrected chi connectivity index (χ1v) is 4.02. The van der Waals surface area contributed by atoms with Crippen LogP contribution < -0.4 is 9.47 Å². The summed E-state index contributed by atoms with van der Waals surface area (Å²) in [6.07, 6.45) is 2.99. The third kappa shape index (κ3) is 1.90. The van der Waals surface area contributed by atoms with Gasteiger partial charge in [0.2, 0.25) is 0 Å². The fraction of sp³-hybridized carbons (Fsp3) is 0.200. The van der Waals surface area contributed by atoms with Crippen LogP contribution in [0.1, 0.15) is 5.56 Å². The van der Waals surface area contributed by atoms with Crippen LogP contribution >= 0.6 is 0 Å². The van der Waals surface area contributed by atoms with Crippen molar-refractivity contribution in [1.82, 2.24) is 4.98 Å². The van der Waals surface area contributed by atoms with Crippen LogP contribution in [0.5, 0.6) is 11.6 Å². The molecule has 1 aromatic heterocycles. The number of ether oxygens (including phenoxy) is 2. The van der Waals surface area contributed by atoms with Crippen LogP contribution in [-0.4, -0.2) is 24.9 Å². The summed E-state index contributed by atoms with van der Waals surface area (Å²) in [5, 5.41) is 7.52. The lowest BCUT2D eigenvalue weighted by Crippen LogP contribution is -1.99. The van der Waals surface area contributed by atoms with Crippen molar-refractivity contribution in [3.05, 3.63) is 30.5 Å². The second kappa shape index (κ2) is 4.41. The summed E-state index contributed by atoms with van der Waals surface area (Å²) < 4.78 is 10.0. The summed E-state index contributed by atoms with van der Waals surface area (Å²) in [5.41, 5.74) is 0.955. The maximum atomic E-state index is 7.52. The van der Waals surface area contributed by atoms with E-state index in [-0.39, 0.29) is 0 Å². The van der Waals surface area contributed by atoms with Gasteiger partial charge in [-0.25, -0.2) is 4.98 Å². The number of rotatable bonds is 4. The van der Waals surface area contributed by atoms with Gasteiger partial charge in [0.15, 0.2) is 5.75 Å². The smallest absolute Gasteiger partial charge is 0.256 e. The molecule has 1 N–H and O–H groups in total. The zero-order chi connectivity index (χ0) is 10.6. The Morgan fingerprint density at radius 3 is 2.71 bits per heavy atom. The molecule has 74 valence electrons. The van der Waals surface area contributed by atoms with Crippen LogP contribution in [0.15, 0.2) is 24.9 Å².